The van der Waals surface area contributed by atoms with E-state index in [4.69, 9.17) is 0 Å². The Morgan fingerprint density at radius 1 is 1.19 bits per heavy atom. The number of allylic oxidation sites excluding steroid dienone is 1. The summed E-state index contributed by atoms with van der Waals surface area (Å²) >= 11 is 0. The van der Waals surface area contributed by atoms with E-state index in [-0.39, 0.29) is 0 Å². The van der Waals surface area contributed by atoms with Crippen molar-refractivity contribution in [3.63, 3.8) is 0 Å². The molecule has 92 valence electrons. The quantitative estimate of drug-likeness (QED) is 0.593. The summed E-state index contributed by atoms with van der Waals surface area (Å²) < 4.78 is 0. The molecule has 2 fully saturated rings. The fraction of sp³-hybridized carbons (Fsp3) is 0.875. The third-order valence-corrected chi connectivity index (χ3v) is 5.59. The topological polar surface area (TPSA) is 0 Å². The molecule has 2 aliphatic rings. The van der Waals surface area contributed by atoms with Crippen LogP contribution in [0.5, 0.6) is 0 Å². The van der Waals surface area contributed by atoms with E-state index in [1.54, 1.807) is 5.57 Å². The van der Waals surface area contributed by atoms with Gasteiger partial charge in [-0.1, -0.05) is 46.8 Å². The molecule has 0 aromatic heterocycles. The van der Waals surface area contributed by atoms with Crippen molar-refractivity contribution in [2.75, 3.05) is 0 Å². The van der Waals surface area contributed by atoms with E-state index in [0.29, 0.717) is 5.41 Å². The average molecular weight is 220 g/mol. The zero-order chi connectivity index (χ0) is 12.1. The maximum atomic E-state index is 4.43. The molecule has 16 heavy (non-hydrogen) atoms. The molecule has 4 unspecified atom stereocenters. The standard InChI is InChI=1S/C16H28/c1-10-7-14(8-11(10)2)12(3)13(4)15-9-16(15,5)6/h10-11,13-15H,3,7-9H2,1-2,4-6H3. The molecule has 4 atom stereocenters. The summed E-state index contributed by atoms with van der Waals surface area (Å²) in [6, 6.07) is 0. The first-order chi connectivity index (χ1) is 7.33. The van der Waals surface area contributed by atoms with E-state index in [0.717, 1.165) is 29.6 Å². The molecule has 0 spiro atoms. The van der Waals surface area contributed by atoms with Gasteiger partial charge in [0.1, 0.15) is 0 Å². The SMILES string of the molecule is C=C(C1CC(C)C(C)C1)C(C)C1CC1(C)C. The molecule has 0 N–H and O–H groups in total. The van der Waals surface area contributed by atoms with E-state index in [1.807, 2.05) is 0 Å². The number of hydrogen-bond donors (Lipinski definition) is 0. The van der Waals surface area contributed by atoms with Crippen molar-refractivity contribution in [1.82, 2.24) is 0 Å². The lowest BCUT2D eigenvalue weighted by molar-refractivity contribution is 0.424. The second-order valence-electron chi connectivity index (χ2n) is 7.29. The monoisotopic (exact) mass is 220 g/mol. The van der Waals surface area contributed by atoms with Crippen LogP contribution in [0.15, 0.2) is 12.2 Å². The van der Waals surface area contributed by atoms with Gasteiger partial charge < -0.3 is 0 Å². The Morgan fingerprint density at radius 3 is 2.00 bits per heavy atom. The molecule has 0 amide bonds. The minimum absolute atomic E-state index is 0.595. The minimum atomic E-state index is 0.595. The Bertz CT molecular complexity index is 272. The van der Waals surface area contributed by atoms with Gasteiger partial charge in [0.15, 0.2) is 0 Å². The zero-order valence-electron chi connectivity index (χ0n) is 11.7. The molecule has 0 heterocycles. The van der Waals surface area contributed by atoms with Crippen molar-refractivity contribution in [2.24, 2.45) is 35.0 Å². The second-order valence-corrected chi connectivity index (χ2v) is 7.29. The Labute approximate surface area is 102 Å². The molecule has 0 nitrogen and oxygen atoms in total. The summed E-state index contributed by atoms with van der Waals surface area (Å²) in [4.78, 5) is 0. The van der Waals surface area contributed by atoms with Crippen LogP contribution in [0, 0.1) is 35.0 Å². The van der Waals surface area contributed by atoms with Crippen LogP contribution in [0.2, 0.25) is 0 Å². The first-order valence-corrected chi connectivity index (χ1v) is 7.01. The van der Waals surface area contributed by atoms with Crippen molar-refractivity contribution in [1.29, 1.82) is 0 Å². The highest BCUT2D eigenvalue weighted by atomic mass is 14.5. The Kier molecular flexibility index (Phi) is 2.97. The second kappa shape index (κ2) is 3.89. The highest BCUT2D eigenvalue weighted by molar-refractivity contribution is 5.14. The van der Waals surface area contributed by atoms with Crippen molar-refractivity contribution in [2.45, 2.75) is 53.9 Å². The normalized spacial score (nSPS) is 43.1. The van der Waals surface area contributed by atoms with Crippen molar-refractivity contribution in [3.05, 3.63) is 12.2 Å². The lowest BCUT2D eigenvalue weighted by atomic mass is 9.83. The Morgan fingerprint density at radius 2 is 1.62 bits per heavy atom. The van der Waals surface area contributed by atoms with Crippen molar-refractivity contribution in [3.8, 4) is 0 Å². The summed E-state index contributed by atoms with van der Waals surface area (Å²) in [5, 5.41) is 0. The molecule has 0 aromatic carbocycles. The van der Waals surface area contributed by atoms with Crippen LogP contribution >= 0.6 is 0 Å². The molecule has 0 saturated heterocycles. The molecule has 2 saturated carbocycles. The summed E-state index contributed by atoms with van der Waals surface area (Å²) in [6.07, 6.45) is 4.18. The van der Waals surface area contributed by atoms with Crippen molar-refractivity contribution >= 4 is 0 Å². The van der Waals surface area contributed by atoms with Crippen LogP contribution in [0.3, 0.4) is 0 Å². The van der Waals surface area contributed by atoms with E-state index in [1.165, 1.54) is 19.3 Å². The lowest BCUT2D eigenvalue weighted by Crippen LogP contribution is -2.12. The third kappa shape index (κ3) is 2.08. The van der Waals surface area contributed by atoms with Gasteiger partial charge in [0.2, 0.25) is 0 Å². The maximum absolute atomic E-state index is 4.43. The smallest absolute Gasteiger partial charge is 0.0198 e. The lowest BCUT2D eigenvalue weighted by Gasteiger charge is -2.22. The van der Waals surface area contributed by atoms with E-state index in [9.17, 15) is 0 Å². The van der Waals surface area contributed by atoms with Gasteiger partial charge in [0.25, 0.3) is 0 Å². The first kappa shape index (κ1) is 12.2. The van der Waals surface area contributed by atoms with Crippen LogP contribution in [0.4, 0.5) is 0 Å². The van der Waals surface area contributed by atoms with Crippen LogP contribution in [0.1, 0.15) is 53.9 Å². The van der Waals surface area contributed by atoms with Gasteiger partial charge in [-0.15, -0.1) is 0 Å². The predicted octanol–water partition coefficient (Wildman–Crippen LogP) is 4.91. The summed E-state index contributed by atoms with van der Waals surface area (Å²) in [6.45, 7) is 16.5. The molecule has 2 aliphatic carbocycles. The highest BCUT2D eigenvalue weighted by Crippen LogP contribution is 2.58. The van der Waals surface area contributed by atoms with Gasteiger partial charge in [-0.25, -0.2) is 0 Å². The Balaban J connectivity index is 1.94. The summed E-state index contributed by atoms with van der Waals surface area (Å²) in [5.41, 5.74) is 2.16. The summed E-state index contributed by atoms with van der Waals surface area (Å²) in [7, 11) is 0. The fourth-order valence-corrected chi connectivity index (χ4v) is 3.75. The van der Waals surface area contributed by atoms with Crippen LogP contribution < -0.4 is 0 Å². The molecule has 0 radical (unpaired) electrons. The van der Waals surface area contributed by atoms with Gasteiger partial charge >= 0.3 is 0 Å². The molecule has 0 aromatic rings. The maximum Gasteiger partial charge on any atom is -0.0198 e. The van der Waals surface area contributed by atoms with E-state index < -0.39 is 0 Å². The van der Waals surface area contributed by atoms with Crippen LogP contribution in [-0.4, -0.2) is 0 Å². The van der Waals surface area contributed by atoms with Crippen LogP contribution in [-0.2, 0) is 0 Å². The molecular weight excluding hydrogens is 192 g/mol. The molecule has 2 rings (SSSR count). The number of hydrogen-bond acceptors (Lipinski definition) is 0. The van der Waals surface area contributed by atoms with E-state index in [2.05, 4.69) is 41.2 Å². The predicted molar refractivity (Wildman–Crippen MR) is 71.2 cm³/mol. The van der Waals surface area contributed by atoms with Gasteiger partial charge in [-0.3, -0.25) is 0 Å². The van der Waals surface area contributed by atoms with Gasteiger partial charge in [-0.2, -0.15) is 0 Å². The molecular formula is C16H28. The van der Waals surface area contributed by atoms with Crippen molar-refractivity contribution < 1.29 is 0 Å². The van der Waals surface area contributed by atoms with Gasteiger partial charge in [0, 0.05) is 0 Å². The molecule has 0 heteroatoms. The van der Waals surface area contributed by atoms with E-state index >= 15 is 0 Å². The minimum Gasteiger partial charge on any atom is -0.0993 e. The summed E-state index contributed by atoms with van der Waals surface area (Å²) in [5.74, 6) is 4.28. The van der Waals surface area contributed by atoms with Gasteiger partial charge in [0.05, 0.1) is 0 Å². The highest BCUT2D eigenvalue weighted by Gasteiger charge is 2.50. The first-order valence-electron chi connectivity index (χ1n) is 7.01. The number of rotatable bonds is 3. The van der Waals surface area contributed by atoms with Crippen LogP contribution in [0.25, 0.3) is 0 Å². The fourth-order valence-electron chi connectivity index (χ4n) is 3.75. The largest absolute Gasteiger partial charge is 0.0993 e. The molecule has 0 bridgehead atoms. The zero-order valence-corrected chi connectivity index (χ0v) is 11.7. The molecule has 0 aliphatic heterocycles. The van der Waals surface area contributed by atoms with Gasteiger partial charge in [-0.05, 0) is 54.3 Å². The third-order valence-electron chi connectivity index (χ3n) is 5.59. The Hall–Kier alpha value is -0.260. The average Bonchev–Trinajstić information content (AvgIpc) is 2.70.